The molecule has 2 amide bonds. The molecule has 0 aromatic heterocycles. The molecule has 3 N–H and O–H groups in total. The highest BCUT2D eigenvalue weighted by Crippen LogP contribution is 2.29. The van der Waals surface area contributed by atoms with Crippen molar-refractivity contribution in [3.8, 4) is 0 Å². The lowest BCUT2D eigenvalue weighted by molar-refractivity contribution is -0.139. The van der Waals surface area contributed by atoms with Gasteiger partial charge in [-0.15, -0.1) is 0 Å². The third-order valence-electron chi connectivity index (χ3n) is 3.15. The number of amides is 2. The van der Waals surface area contributed by atoms with Crippen LogP contribution in [-0.2, 0) is 9.53 Å². The molecule has 1 atom stereocenters. The molecule has 1 aliphatic heterocycles. The van der Waals surface area contributed by atoms with E-state index in [9.17, 15) is 9.59 Å². The minimum atomic E-state index is -0.553. The molecule has 0 bridgehead atoms. The molecule has 1 aromatic rings. The average molecular weight is 275 g/mol. The van der Waals surface area contributed by atoms with Crippen LogP contribution in [0.5, 0.6) is 0 Å². The molecule has 2 rings (SSSR count). The molecule has 0 spiro atoms. The number of esters is 1. The minimum Gasteiger partial charge on any atom is -0.463 e. The molecule has 0 saturated heterocycles. The number of hydrogen-bond donors (Lipinski definition) is 2. The number of nitrogens with one attached hydrogen (secondary N) is 1. The van der Waals surface area contributed by atoms with Crippen LogP contribution in [0.25, 0.3) is 0 Å². The van der Waals surface area contributed by atoms with Gasteiger partial charge in [-0.3, -0.25) is 0 Å². The Kier molecular flexibility index (Phi) is 4.05. The standard InChI is InChI=1S/C14H17N3O3/c1-3-20-13(18)11-9(2)17(15)14(19)16-12(11)10-7-5-4-6-8-10/h4-8,12H,3,15H2,1-2H3,(H,16,19)/t12-/m1/s1. The summed E-state index contributed by atoms with van der Waals surface area (Å²) in [4.78, 5) is 23.9. The highest BCUT2D eigenvalue weighted by molar-refractivity contribution is 5.94. The van der Waals surface area contributed by atoms with Crippen LogP contribution < -0.4 is 11.2 Å². The van der Waals surface area contributed by atoms with E-state index in [1.807, 2.05) is 30.3 Å². The molecular formula is C14H17N3O3. The summed E-state index contributed by atoms with van der Waals surface area (Å²) >= 11 is 0. The van der Waals surface area contributed by atoms with Gasteiger partial charge in [0.05, 0.1) is 18.2 Å². The fraction of sp³-hybridized carbons (Fsp3) is 0.286. The predicted octanol–water partition coefficient (Wildman–Crippen LogP) is 1.46. The Hall–Kier alpha value is -2.34. The molecule has 0 saturated carbocycles. The second kappa shape index (κ2) is 5.75. The van der Waals surface area contributed by atoms with Crippen LogP contribution in [0.4, 0.5) is 4.79 Å². The van der Waals surface area contributed by atoms with Gasteiger partial charge in [0, 0.05) is 5.70 Å². The van der Waals surface area contributed by atoms with Crippen molar-refractivity contribution >= 4 is 12.0 Å². The number of nitrogens with two attached hydrogens (primary N) is 1. The van der Waals surface area contributed by atoms with Crippen LogP contribution in [0.3, 0.4) is 0 Å². The summed E-state index contributed by atoms with van der Waals surface area (Å²) in [5.74, 6) is 5.16. The molecule has 6 nitrogen and oxygen atoms in total. The van der Waals surface area contributed by atoms with Crippen LogP contribution in [0.2, 0.25) is 0 Å². The molecule has 0 aliphatic carbocycles. The molecule has 1 heterocycles. The minimum absolute atomic E-state index is 0.260. The van der Waals surface area contributed by atoms with E-state index in [0.717, 1.165) is 10.6 Å². The van der Waals surface area contributed by atoms with Crippen LogP contribution >= 0.6 is 0 Å². The lowest BCUT2D eigenvalue weighted by Gasteiger charge is -2.32. The number of rotatable bonds is 3. The Morgan fingerprint density at radius 2 is 2.05 bits per heavy atom. The number of allylic oxidation sites excluding steroid dienone is 1. The zero-order valence-electron chi connectivity index (χ0n) is 11.4. The summed E-state index contributed by atoms with van der Waals surface area (Å²) < 4.78 is 5.06. The molecule has 1 aliphatic rings. The number of hydrazine groups is 1. The summed E-state index contributed by atoms with van der Waals surface area (Å²) in [5, 5.41) is 3.63. The summed E-state index contributed by atoms with van der Waals surface area (Å²) in [6.45, 7) is 3.61. The van der Waals surface area contributed by atoms with Crippen LogP contribution in [0.15, 0.2) is 41.6 Å². The monoisotopic (exact) mass is 275 g/mol. The molecular weight excluding hydrogens is 258 g/mol. The first kappa shape index (κ1) is 14.1. The first-order valence-electron chi connectivity index (χ1n) is 6.34. The summed E-state index contributed by atoms with van der Waals surface area (Å²) in [5.41, 5.74) is 1.54. The predicted molar refractivity (Wildman–Crippen MR) is 73.1 cm³/mol. The van der Waals surface area contributed by atoms with Gasteiger partial charge in [-0.1, -0.05) is 30.3 Å². The molecule has 1 aromatic carbocycles. The van der Waals surface area contributed by atoms with Gasteiger partial charge in [-0.05, 0) is 19.4 Å². The fourth-order valence-electron chi connectivity index (χ4n) is 2.13. The Bertz CT molecular complexity index is 554. The highest BCUT2D eigenvalue weighted by Gasteiger charge is 2.35. The number of carbonyl (C=O) groups excluding carboxylic acids is 2. The lowest BCUT2D eigenvalue weighted by Crippen LogP contribution is -2.51. The lowest BCUT2D eigenvalue weighted by atomic mass is 9.95. The van der Waals surface area contributed by atoms with E-state index < -0.39 is 18.0 Å². The summed E-state index contributed by atoms with van der Waals surface area (Å²) in [6, 6.07) is 8.21. The number of carbonyl (C=O) groups is 2. The Labute approximate surface area is 117 Å². The molecule has 20 heavy (non-hydrogen) atoms. The van der Waals surface area contributed by atoms with E-state index in [0.29, 0.717) is 11.3 Å². The van der Waals surface area contributed by atoms with Gasteiger partial charge >= 0.3 is 12.0 Å². The summed E-state index contributed by atoms with van der Waals surface area (Å²) in [7, 11) is 0. The first-order valence-corrected chi connectivity index (χ1v) is 6.34. The largest absolute Gasteiger partial charge is 0.463 e. The normalized spacial score (nSPS) is 18.9. The van der Waals surface area contributed by atoms with E-state index >= 15 is 0 Å². The van der Waals surface area contributed by atoms with Crippen molar-refractivity contribution in [2.24, 2.45) is 5.84 Å². The van der Waals surface area contributed by atoms with Gasteiger partial charge in [0.25, 0.3) is 0 Å². The Morgan fingerprint density at radius 3 is 2.65 bits per heavy atom. The molecule has 106 valence electrons. The topological polar surface area (TPSA) is 84.7 Å². The van der Waals surface area contributed by atoms with E-state index in [1.165, 1.54) is 0 Å². The van der Waals surface area contributed by atoms with E-state index in [-0.39, 0.29) is 6.61 Å². The van der Waals surface area contributed by atoms with Gasteiger partial charge in [-0.2, -0.15) is 0 Å². The maximum Gasteiger partial charge on any atom is 0.338 e. The molecule has 6 heteroatoms. The number of urea groups is 1. The first-order chi connectivity index (χ1) is 9.56. The number of benzene rings is 1. The second-order valence-corrected chi connectivity index (χ2v) is 4.38. The van der Waals surface area contributed by atoms with Crippen molar-refractivity contribution in [1.29, 1.82) is 0 Å². The van der Waals surface area contributed by atoms with Crippen molar-refractivity contribution in [3.63, 3.8) is 0 Å². The van der Waals surface area contributed by atoms with Gasteiger partial charge in [0.15, 0.2) is 0 Å². The van der Waals surface area contributed by atoms with Crippen molar-refractivity contribution in [2.45, 2.75) is 19.9 Å². The Morgan fingerprint density at radius 1 is 1.40 bits per heavy atom. The van der Waals surface area contributed by atoms with Crippen LogP contribution in [0.1, 0.15) is 25.5 Å². The number of nitrogens with zero attached hydrogens (tertiary/aromatic N) is 1. The quantitative estimate of drug-likeness (QED) is 0.497. The van der Waals surface area contributed by atoms with Crippen molar-refractivity contribution in [2.75, 3.05) is 6.61 Å². The van der Waals surface area contributed by atoms with Crippen LogP contribution in [0, 0.1) is 0 Å². The molecule has 0 unspecified atom stereocenters. The van der Waals surface area contributed by atoms with E-state index in [2.05, 4.69) is 5.32 Å². The maximum absolute atomic E-state index is 12.1. The van der Waals surface area contributed by atoms with Gasteiger partial charge in [0.2, 0.25) is 0 Å². The number of hydrogen-bond acceptors (Lipinski definition) is 4. The van der Waals surface area contributed by atoms with Crippen LogP contribution in [-0.4, -0.2) is 23.6 Å². The second-order valence-electron chi connectivity index (χ2n) is 4.38. The molecule has 0 fully saturated rings. The fourth-order valence-corrected chi connectivity index (χ4v) is 2.13. The van der Waals surface area contributed by atoms with Gasteiger partial charge < -0.3 is 10.1 Å². The highest BCUT2D eigenvalue weighted by atomic mass is 16.5. The van der Waals surface area contributed by atoms with Crippen molar-refractivity contribution in [1.82, 2.24) is 10.3 Å². The smallest absolute Gasteiger partial charge is 0.338 e. The third-order valence-corrected chi connectivity index (χ3v) is 3.15. The van der Waals surface area contributed by atoms with E-state index in [1.54, 1.807) is 13.8 Å². The maximum atomic E-state index is 12.1. The zero-order valence-corrected chi connectivity index (χ0v) is 11.4. The third kappa shape index (κ3) is 2.50. The van der Waals surface area contributed by atoms with Crippen molar-refractivity contribution < 1.29 is 14.3 Å². The van der Waals surface area contributed by atoms with E-state index in [4.69, 9.17) is 10.6 Å². The van der Waals surface area contributed by atoms with Gasteiger partial charge in [-0.25, -0.2) is 20.4 Å². The molecule has 0 radical (unpaired) electrons. The number of ether oxygens (including phenoxy) is 1. The SMILES string of the molecule is CCOC(=O)C1=C(C)N(N)C(=O)N[C@@H]1c1ccccc1. The van der Waals surface area contributed by atoms with Gasteiger partial charge in [0.1, 0.15) is 0 Å². The Balaban J connectivity index is 2.48. The average Bonchev–Trinajstić information content (AvgIpc) is 2.45. The zero-order chi connectivity index (χ0) is 14.7. The summed E-state index contributed by atoms with van der Waals surface area (Å²) in [6.07, 6.45) is 0. The van der Waals surface area contributed by atoms with Crippen molar-refractivity contribution in [3.05, 3.63) is 47.2 Å².